The first-order valence-corrected chi connectivity index (χ1v) is 24.8. The molecule has 0 N–H and O–H groups in total. The van der Waals surface area contributed by atoms with E-state index in [0.717, 1.165) is 34.1 Å². The number of benzene rings is 3. The first-order chi connectivity index (χ1) is 37.5. The van der Waals surface area contributed by atoms with Gasteiger partial charge in [-0.3, -0.25) is 39.2 Å². The number of rotatable bonds is 16. The summed E-state index contributed by atoms with van der Waals surface area (Å²) in [7, 11) is 0. The van der Waals surface area contributed by atoms with Gasteiger partial charge in [-0.05, 0) is 129 Å². The molecule has 8 rings (SSSR count). The zero-order chi connectivity index (χ0) is 57.0. The number of hydrogen-bond acceptors (Lipinski definition) is 13. The minimum Gasteiger partial charge on any atom is -0.573 e. The largest absolute Gasteiger partial charge is 2.00 e. The van der Waals surface area contributed by atoms with Gasteiger partial charge in [-0.2, -0.15) is 13.2 Å². The number of alkyl halides is 3. The summed E-state index contributed by atoms with van der Waals surface area (Å²) >= 11 is 0. The molecule has 18 heteroatoms. The summed E-state index contributed by atoms with van der Waals surface area (Å²) in [6.45, 7) is 20.3. The van der Waals surface area contributed by atoms with E-state index < -0.39 is 11.9 Å². The average molecular weight is 1170 g/mol. The van der Waals surface area contributed by atoms with Crippen LogP contribution in [-0.4, -0.2) is 49.4 Å². The quantitative estimate of drug-likeness (QED) is 0.0294. The molecule has 0 aliphatic carbocycles. The second-order valence-corrected chi connectivity index (χ2v) is 20.9. The molecular formula is C62H57F3N8O6Ru. The molecule has 0 saturated heterocycles. The van der Waals surface area contributed by atoms with E-state index >= 15 is 0 Å². The summed E-state index contributed by atoms with van der Waals surface area (Å²) in [6.07, 6.45) is 7.18. The molecule has 0 fully saturated rings. The van der Waals surface area contributed by atoms with Gasteiger partial charge in [0.1, 0.15) is 11.5 Å². The molecule has 0 aliphatic rings. The average Bonchev–Trinajstić information content (AvgIpc) is 3.96. The zero-order valence-corrected chi connectivity index (χ0v) is 47.1. The third-order valence-corrected chi connectivity index (χ3v) is 12.1. The SMILES string of the molecule is CC(C)(C)c1c[c-]c(-c2nc(-c3cc(C(F)(F)F)n[n-]3)cc(N(c3ccc(C(C)(C)C)cc3)c3ccc(C(C)(C)C)cc3)n2)cc1.O=CO/C=C/c1ccnc(-c2cc(/C=C/OC=O)cc(-c3cc(/C=C/OC=O)ccn3)n2)c1.[Ru+2]. The van der Waals surface area contributed by atoms with E-state index in [-0.39, 0.29) is 47.1 Å². The Labute approximate surface area is 475 Å². The summed E-state index contributed by atoms with van der Waals surface area (Å²) in [5, 5.41) is 7.27. The predicted molar refractivity (Wildman–Crippen MR) is 298 cm³/mol. The number of anilines is 3. The van der Waals surface area contributed by atoms with Gasteiger partial charge in [0, 0.05) is 35.5 Å². The van der Waals surface area contributed by atoms with Crippen LogP contribution in [-0.2, 0) is 70.5 Å². The topological polar surface area (TPSA) is 174 Å². The summed E-state index contributed by atoms with van der Waals surface area (Å²) < 4.78 is 54.4. The van der Waals surface area contributed by atoms with Gasteiger partial charge in [-0.25, -0.2) is 4.98 Å². The second kappa shape index (κ2) is 26.3. The van der Waals surface area contributed by atoms with Crippen LogP contribution in [0.4, 0.5) is 30.4 Å². The van der Waals surface area contributed by atoms with Crippen molar-refractivity contribution in [3.8, 4) is 45.6 Å². The Bertz CT molecular complexity index is 3350. The Morgan fingerprint density at radius 3 is 1.38 bits per heavy atom. The van der Waals surface area contributed by atoms with Crippen LogP contribution in [0.5, 0.6) is 0 Å². The van der Waals surface area contributed by atoms with Crippen molar-refractivity contribution in [2.45, 2.75) is 84.7 Å². The van der Waals surface area contributed by atoms with Crippen LogP contribution in [0.3, 0.4) is 0 Å². The van der Waals surface area contributed by atoms with Crippen LogP contribution in [0.2, 0.25) is 0 Å². The Kier molecular flexibility index (Phi) is 19.9. The Hall–Kier alpha value is -8.76. The van der Waals surface area contributed by atoms with Crippen molar-refractivity contribution in [1.29, 1.82) is 0 Å². The minimum atomic E-state index is -4.63. The first-order valence-electron chi connectivity index (χ1n) is 24.8. The molecule has 0 bridgehead atoms. The van der Waals surface area contributed by atoms with Crippen LogP contribution in [0, 0.1) is 6.07 Å². The number of ether oxygens (including phenoxy) is 3. The van der Waals surface area contributed by atoms with E-state index in [0.29, 0.717) is 65.0 Å². The predicted octanol–water partition coefficient (Wildman–Crippen LogP) is 14.0. The van der Waals surface area contributed by atoms with Gasteiger partial charge in [0.05, 0.1) is 47.4 Å². The van der Waals surface area contributed by atoms with Crippen molar-refractivity contribution >= 4 is 54.8 Å². The maximum Gasteiger partial charge on any atom is 2.00 e. The molecule has 80 heavy (non-hydrogen) atoms. The number of carbonyl (C=O) groups is 3. The number of carbonyl (C=O) groups excluding carboxylic acids is 3. The molecule has 14 nitrogen and oxygen atoms in total. The van der Waals surface area contributed by atoms with E-state index in [1.165, 1.54) is 29.9 Å². The van der Waals surface area contributed by atoms with Gasteiger partial charge in [0.15, 0.2) is 0 Å². The van der Waals surface area contributed by atoms with E-state index in [4.69, 9.17) is 4.98 Å². The third-order valence-electron chi connectivity index (χ3n) is 12.1. The maximum absolute atomic E-state index is 13.5. The van der Waals surface area contributed by atoms with Gasteiger partial charge in [0.2, 0.25) is 0 Å². The number of pyridine rings is 3. The number of hydrogen-bond donors (Lipinski definition) is 0. The summed E-state index contributed by atoms with van der Waals surface area (Å²) in [4.78, 5) is 56.2. The van der Waals surface area contributed by atoms with Crippen molar-refractivity contribution in [2.75, 3.05) is 4.90 Å². The van der Waals surface area contributed by atoms with Crippen molar-refractivity contribution in [1.82, 2.24) is 35.1 Å². The second-order valence-electron chi connectivity index (χ2n) is 20.9. The molecule has 0 amide bonds. The number of nitrogens with zero attached hydrogens (tertiary/aromatic N) is 8. The minimum absolute atomic E-state index is 0. The Morgan fingerprint density at radius 2 is 0.963 bits per heavy atom. The molecule has 0 spiro atoms. The summed E-state index contributed by atoms with van der Waals surface area (Å²) in [6, 6.07) is 38.8. The fraction of sp³-hybridized carbons (Fsp3) is 0.210. The molecule has 0 unspecified atom stereocenters. The maximum atomic E-state index is 13.5. The van der Waals surface area contributed by atoms with Crippen molar-refractivity contribution in [2.24, 2.45) is 0 Å². The Morgan fingerprint density at radius 1 is 0.512 bits per heavy atom. The standard InChI is InChI=1S/C38H40F3N5.C24H17N3O6.Ru/c1-35(2,3)25-12-10-24(11-13-25)34-42-30(31-22-32(45-44-31)38(39,40)41)23-33(43-34)46(28-18-14-26(15-19-28)36(4,5)6)29-20-16-27(17-21-29)37(7,8)9;28-15-31-8-3-18-1-6-25-21(11-18)23-13-20(5-10-33-17-30)14-24(27-23)22-12-19(2-7-26-22)4-9-32-16-29;/h10,12-23H,1-9H3;1-17H;/q-2;;+2/b;8-3+,9-4+,10-5+;. The number of aromatic nitrogens is 7. The van der Waals surface area contributed by atoms with Crippen LogP contribution in [0.1, 0.15) is 101 Å². The van der Waals surface area contributed by atoms with Gasteiger partial charge in [0.25, 0.3) is 19.4 Å². The third kappa shape index (κ3) is 16.2. The summed E-state index contributed by atoms with van der Waals surface area (Å²) in [5.74, 6) is 0.781. The molecule has 0 radical (unpaired) electrons. The van der Waals surface area contributed by atoms with E-state index in [1.807, 2.05) is 47.4 Å². The fourth-order valence-corrected chi connectivity index (χ4v) is 7.77. The van der Waals surface area contributed by atoms with Crippen LogP contribution in [0.15, 0.2) is 146 Å². The van der Waals surface area contributed by atoms with Crippen LogP contribution < -0.4 is 10.00 Å². The van der Waals surface area contributed by atoms with Crippen molar-refractivity contribution in [3.05, 3.63) is 192 Å². The molecular weight excluding hydrogens is 1110 g/mol. The molecule has 0 saturated carbocycles. The van der Waals surface area contributed by atoms with Gasteiger partial charge >= 0.3 is 25.7 Å². The van der Waals surface area contributed by atoms with Crippen molar-refractivity contribution < 1.29 is 61.2 Å². The van der Waals surface area contributed by atoms with E-state index in [1.54, 1.807) is 73.1 Å². The number of halogens is 3. The molecule has 410 valence electrons. The van der Waals surface area contributed by atoms with Crippen LogP contribution in [0.25, 0.3) is 63.8 Å². The molecule has 8 aromatic rings. The Balaban J connectivity index is 0.000000269. The fourth-order valence-electron chi connectivity index (χ4n) is 7.77. The van der Waals surface area contributed by atoms with E-state index in [2.05, 4.69) is 137 Å². The van der Waals surface area contributed by atoms with Gasteiger partial charge in [-0.1, -0.05) is 92.3 Å². The monoisotopic (exact) mass is 1170 g/mol. The van der Waals surface area contributed by atoms with Crippen LogP contribution >= 0.6 is 0 Å². The normalized spacial score (nSPS) is 11.9. The van der Waals surface area contributed by atoms with E-state index in [9.17, 15) is 27.6 Å². The van der Waals surface area contributed by atoms with Crippen molar-refractivity contribution in [3.63, 3.8) is 0 Å². The summed E-state index contributed by atoms with van der Waals surface area (Å²) in [5.41, 5.74) is 9.07. The molecule has 5 aromatic heterocycles. The molecule has 5 heterocycles. The molecule has 0 aliphatic heterocycles. The van der Waals surface area contributed by atoms with Gasteiger partial charge in [-0.15, -0.1) is 35.4 Å². The smallest absolute Gasteiger partial charge is 0.573 e. The molecule has 0 atom stereocenters. The van der Waals surface area contributed by atoms with Gasteiger partial charge < -0.3 is 24.4 Å². The molecule has 3 aromatic carbocycles. The first kappa shape index (κ1) is 60.5. The zero-order valence-electron chi connectivity index (χ0n) is 45.3.